The molecule has 0 saturated heterocycles. The Bertz CT molecular complexity index is 983. The van der Waals surface area contributed by atoms with Crippen molar-refractivity contribution in [2.75, 3.05) is 6.61 Å². The third kappa shape index (κ3) is 1.84. The van der Waals surface area contributed by atoms with Crippen molar-refractivity contribution in [2.45, 2.75) is 26.3 Å². The molecule has 0 radical (unpaired) electrons. The van der Waals surface area contributed by atoms with Gasteiger partial charge in [0.2, 0.25) is 5.90 Å². The van der Waals surface area contributed by atoms with Gasteiger partial charge >= 0.3 is 0 Å². The van der Waals surface area contributed by atoms with Crippen molar-refractivity contribution >= 4 is 5.90 Å². The molecule has 24 heavy (non-hydrogen) atoms. The van der Waals surface area contributed by atoms with Crippen LogP contribution in [0.25, 0.3) is 11.4 Å². The normalized spacial score (nSPS) is 18.2. The van der Waals surface area contributed by atoms with Crippen LogP contribution in [-0.4, -0.2) is 43.1 Å². The van der Waals surface area contributed by atoms with Gasteiger partial charge in [-0.25, -0.2) is 14.7 Å². The summed E-state index contributed by atoms with van der Waals surface area (Å²) in [4.78, 5) is 9.16. The number of aliphatic imine (C=N–C) groups is 1. The molecule has 0 spiro atoms. The number of ether oxygens (including phenoxy) is 1. The van der Waals surface area contributed by atoms with E-state index < -0.39 is 0 Å². The van der Waals surface area contributed by atoms with Crippen LogP contribution in [0.4, 0.5) is 0 Å². The highest BCUT2D eigenvalue weighted by atomic mass is 16.5. The van der Waals surface area contributed by atoms with E-state index in [1.807, 2.05) is 17.9 Å². The molecule has 2 aliphatic rings. The van der Waals surface area contributed by atoms with Crippen LogP contribution >= 0.6 is 0 Å². The van der Waals surface area contributed by atoms with Gasteiger partial charge < -0.3 is 4.74 Å². The Balaban J connectivity index is 1.77. The molecule has 0 N–H and O–H groups in total. The van der Waals surface area contributed by atoms with Crippen LogP contribution in [0.2, 0.25) is 0 Å². The van der Waals surface area contributed by atoms with Gasteiger partial charge in [0.05, 0.1) is 35.0 Å². The lowest BCUT2D eigenvalue weighted by Gasteiger charge is -2.10. The maximum atomic E-state index is 5.73. The molecule has 7 nitrogen and oxygen atoms in total. The lowest BCUT2D eigenvalue weighted by molar-refractivity contribution is 0.323. The molecule has 2 aliphatic heterocycles. The standard InChI is InChI=1S/C17H16N6O/c1-10-3-4-13-14(5-10)23-12(7-19-21-23)6-15-16(18-9-22(13)15)17-20-11(2)8-24-17/h3-5,7,9,11H,6,8H2,1-2H3/t11-/m0/s1. The fourth-order valence-electron chi connectivity index (χ4n) is 3.29. The minimum Gasteiger partial charge on any atom is -0.474 e. The van der Waals surface area contributed by atoms with E-state index in [0.717, 1.165) is 28.5 Å². The van der Waals surface area contributed by atoms with E-state index in [2.05, 4.69) is 50.0 Å². The molecule has 2 aromatic heterocycles. The van der Waals surface area contributed by atoms with Gasteiger partial charge in [-0.3, -0.25) is 4.57 Å². The fourth-order valence-corrected chi connectivity index (χ4v) is 3.29. The highest BCUT2D eigenvalue weighted by molar-refractivity contribution is 5.94. The van der Waals surface area contributed by atoms with E-state index in [0.29, 0.717) is 18.9 Å². The minimum atomic E-state index is 0.172. The Morgan fingerprint density at radius 2 is 2.17 bits per heavy atom. The SMILES string of the molecule is Cc1ccc2c(c1)-n1nncc1Cc1c(C3=N[C@@H](C)CO3)ncn1-2. The maximum Gasteiger partial charge on any atom is 0.237 e. The highest BCUT2D eigenvalue weighted by Crippen LogP contribution is 2.30. The van der Waals surface area contributed by atoms with Crippen molar-refractivity contribution in [1.82, 2.24) is 24.5 Å². The molecule has 0 amide bonds. The molecule has 5 rings (SSSR count). The van der Waals surface area contributed by atoms with E-state index in [-0.39, 0.29) is 6.04 Å². The summed E-state index contributed by atoms with van der Waals surface area (Å²) in [6.45, 7) is 4.72. The van der Waals surface area contributed by atoms with E-state index >= 15 is 0 Å². The number of rotatable bonds is 1. The van der Waals surface area contributed by atoms with Gasteiger partial charge in [0, 0.05) is 6.42 Å². The van der Waals surface area contributed by atoms with Gasteiger partial charge in [0.25, 0.3) is 0 Å². The van der Waals surface area contributed by atoms with Crippen LogP contribution in [0.3, 0.4) is 0 Å². The predicted octanol–water partition coefficient (Wildman–Crippen LogP) is 1.83. The van der Waals surface area contributed by atoms with Crippen LogP contribution in [0.15, 0.2) is 35.7 Å². The molecule has 1 aromatic carbocycles. The van der Waals surface area contributed by atoms with E-state index in [1.54, 1.807) is 6.20 Å². The zero-order valence-electron chi connectivity index (χ0n) is 13.5. The van der Waals surface area contributed by atoms with E-state index in [4.69, 9.17) is 4.74 Å². The summed E-state index contributed by atoms with van der Waals surface area (Å²) in [5.74, 6) is 0.630. The Morgan fingerprint density at radius 1 is 1.25 bits per heavy atom. The van der Waals surface area contributed by atoms with Crippen molar-refractivity contribution in [3.05, 3.63) is 53.4 Å². The van der Waals surface area contributed by atoms with E-state index in [1.165, 1.54) is 5.56 Å². The van der Waals surface area contributed by atoms with Crippen molar-refractivity contribution in [3.63, 3.8) is 0 Å². The smallest absolute Gasteiger partial charge is 0.237 e. The summed E-state index contributed by atoms with van der Waals surface area (Å²) in [6.07, 6.45) is 4.32. The van der Waals surface area contributed by atoms with Crippen LogP contribution in [0.1, 0.15) is 29.6 Å². The van der Waals surface area contributed by atoms with Gasteiger partial charge in [0.15, 0.2) is 0 Å². The molecule has 120 valence electrons. The lowest BCUT2D eigenvalue weighted by Crippen LogP contribution is -2.08. The zero-order chi connectivity index (χ0) is 16.3. The van der Waals surface area contributed by atoms with Gasteiger partial charge in [-0.05, 0) is 31.5 Å². The summed E-state index contributed by atoms with van der Waals surface area (Å²) in [7, 11) is 0. The first-order valence-electron chi connectivity index (χ1n) is 7.99. The Labute approximate surface area is 138 Å². The number of benzene rings is 1. The van der Waals surface area contributed by atoms with Gasteiger partial charge in [0.1, 0.15) is 18.6 Å². The summed E-state index contributed by atoms with van der Waals surface area (Å²) < 4.78 is 9.74. The summed E-state index contributed by atoms with van der Waals surface area (Å²) in [6, 6.07) is 6.48. The topological polar surface area (TPSA) is 70.1 Å². The first kappa shape index (κ1) is 13.5. The van der Waals surface area contributed by atoms with Crippen molar-refractivity contribution in [1.29, 1.82) is 0 Å². The average molecular weight is 320 g/mol. The third-order valence-corrected chi connectivity index (χ3v) is 4.46. The zero-order valence-corrected chi connectivity index (χ0v) is 13.5. The average Bonchev–Trinajstić information content (AvgIpc) is 3.27. The maximum absolute atomic E-state index is 5.73. The molecule has 0 saturated carbocycles. The van der Waals surface area contributed by atoms with Crippen molar-refractivity contribution < 1.29 is 4.74 Å². The van der Waals surface area contributed by atoms with Crippen LogP contribution < -0.4 is 0 Å². The Morgan fingerprint density at radius 3 is 3.00 bits per heavy atom. The largest absolute Gasteiger partial charge is 0.474 e. The summed E-state index contributed by atoms with van der Waals surface area (Å²) >= 11 is 0. The molecule has 4 heterocycles. The summed E-state index contributed by atoms with van der Waals surface area (Å²) in [5, 5.41) is 8.36. The molecule has 0 bridgehead atoms. The monoisotopic (exact) mass is 320 g/mol. The highest BCUT2D eigenvalue weighted by Gasteiger charge is 2.28. The quantitative estimate of drug-likeness (QED) is 0.536. The minimum absolute atomic E-state index is 0.172. The number of fused-ring (bicyclic) bond motifs is 5. The second-order valence-electron chi connectivity index (χ2n) is 6.31. The number of nitrogens with zero attached hydrogens (tertiary/aromatic N) is 6. The molecule has 0 fully saturated rings. The molecule has 3 aromatic rings. The molecule has 1 atom stereocenters. The first-order valence-corrected chi connectivity index (χ1v) is 7.99. The van der Waals surface area contributed by atoms with Crippen molar-refractivity contribution in [2.24, 2.45) is 4.99 Å². The summed E-state index contributed by atoms with van der Waals surface area (Å²) in [5.41, 5.74) is 6.10. The number of aryl methyl sites for hydroxylation is 1. The molecule has 0 aliphatic carbocycles. The fraction of sp³-hybridized carbons (Fsp3) is 0.294. The van der Waals surface area contributed by atoms with Gasteiger partial charge in [-0.2, -0.15) is 0 Å². The molecule has 7 heteroatoms. The van der Waals surface area contributed by atoms with Crippen LogP contribution in [-0.2, 0) is 11.2 Å². The Kier molecular flexibility index (Phi) is 2.68. The second kappa shape index (κ2) is 4.77. The van der Waals surface area contributed by atoms with Crippen LogP contribution in [0, 0.1) is 6.92 Å². The molecule has 0 unspecified atom stereocenters. The van der Waals surface area contributed by atoms with E-state index in [9.17, 15) is 0 Å². The second-order valence-corrected chi connectivity index (χ2v) is 6.31. The number of aromatic nitrogens is 5. The molecular weight excluding hydrogens is 304 g/mol. The predicted molar refractivity (Wildman–Crippen MR) is 88.0 cm³/mol. The van der Waals surface area contributed by atoms with Gasteiger partial charge in [-0.15, -0.1) is 5.10 Å². The third-order valence-electron chi connectivity index (χ3n) is 4.46. The molecular formula is C17H16N6O. The lowest BCUT2D eigenvalue weighted by atomic mass is 10.2. The number of hydrogen-bond donors (Lipinski definition) is 0. The van der Waals surface area contributed by atoms with Crippen molar-refractivity contribution in [3.8, 4) is 11.4 Å². The number of hydrogen-bond acceptors (Lipinski definition) is 5. The van der Waals surface area contributed by atoms with Gasteiger partial charge in [-0.1, -0.05) is 11.3 Å². The number of imidazole rings is 1. The Hall–Kier alpha value is -2.96. The van der Waals surface area contributed by atoms with Crippen LogP contribution in [0.5, 0.6) is 0 Å². The first-order chi connectivity index (χ1) is 11.7.